The van der Waals surface area contributed by atoms with E-state index < -0.39 is 42.1 Å². The summed E-state index contributed by atoms with van der Waals surface area (Å²) in [5.41, 5.74) is 0. The van der Waals surface area contributed by atoms with Gasteiger partial charge >= 0.3 is 17.9 Å². The maximum Gasteiger partial charge on any atom is 0.351 e. The highest BCUT2D eigenvalue weighted by molar-refractivity contribution is 6.48. The van der Waals surface area contributed by atoms with Crippen LogP contribution in [0.2, 0.25) is 0 Å². The molecule has 1 atom stereocenters. The van der Waals surface area contributed by atoms with Gasteiger partial charge in [-0.05, 0) is 27.7 Å². The maximum atomic E-state index is 12.1. The second-order valence-corrected chi connectivity index (χ2v) is 5.72. The van der Waals surface area contributed by atoms with Gasteiger partial charge in [-0.3, -0.25) is 9.59 Å². The zero-order valence-corrected chi connectivity index (χ0v) is 13.5. The fraction of sp³-hybridized carbons (Fsp3) is 0.615. The Labute approximate surface area is 132 Å². The van der Waals surface area contributed by atoms with Gasteiger partial charge in [0.05, 0.1) is 17.2 Å². The molecule has 1 rings (SSSR count). The standard InChI is InChI=1S/C13H16Cl2O6/c1-5(2)19-11(16)7(12(17)20-6(3)4)10-8(14)9(15)13(18)21-10/h5-7,10H,1-4H3. The molecule has 0 saturated heterocycles. The molecule has 0 aromatic heterocycles. The highest BCUT2D eigenvalue weighted by Gasteiger charge is 2.47. The minimum atomic E-state index is -1.51. The summed E-state index contributed by atoms with van der Waals surface area (Å²) in [5.74, 6) is -4.19. The van der Waals surface area contributed by atoms with Crippen LogP contribution < -0.4 is 0 Å². The first-order chi connectivity index (χ1) is 9.65. The molecule has 1 aliphatic rings. The van der Waals surface area contributed by atoms with Gasteiger partial charge in [-0.1, -0.05) is 23.2 Å². The summed E-state index contributed by atoms with van der Waals surface area (Å²) in [6.07, 6.45) is -2.24. The van der Waals surface area contributed by atoms with Gasteiger partial charge < -0.3 is 14.2 Å². The molecule has 1 heterocycles. The SMILES string of the molecule is CC(C)OC(=O)C(C(=O)OC(C)C)C1OC(=O)C(Cl)=C1Cl. The Bertz CT molecular complexity index is 461. The summed E-state index contributed by atoms with van der Waals surface area (Å²) in [4.78, 5) is 35.6. The summed E-state index contributed by atoms with van der Waals surface area (Å²) in [6, 6.07) is 0. The number of halogens is 2. The van der Waals surface area contributed by atoms with Crippen LogP contribution in [0.5, 0.6) is 0 Å². The Kier molecular flexibility index (Phi) is 6.04. The van der Waals surface area contributed by atoms with E-state index in [9.17, 15) is 14.4 Å². The van der Waals surface area contributed by atoms with Crippen molar-refractivity contribution in [3.63, 3.8) is 0 Å². The third kappa shape index (κ3) is 4.35. The lowest BCUT2D eigenvalue weighted by atomic mass is 10.0. The average molecular weight is 339 g/mol. The number of carbonyl (C=O) groups is 3. The number of hydrogen-bond acceptors (Lipinski definition) is 6. The lowest BCUT2D eigenvalue weighted by Gasteiger charge is -2.22. The van der Waals surface area contributed by atoms with Crippen LogP contribution in [0.25, 0.3) is 0 Å². The molecule has 0 amide bonds. The van der Waals surface area contributed by atoms with E-state index in [1.54, 1.807) is 27.7 Å². The molecule has 1 aliphatic heterocycles. The first-order valence-electron chi connectivity index (χ1n) is 6.32. The van der Waals surface area contributed by atoms with Crippen LogP contribution in [0.3, 0.4) is 0 Å². The molecule has 118 valence electrons. The molecule has 0 spiro atoms. The van der Waals surface area contributed by atoms with Crippen LogP contribution in [0.1, 0.15) is 27.7 Å². The fourth-order valence-corrected chi connectivity index (χ4v) is 2.01. The zero-order valence-electron chi connectivity index (χ0n) is 12.0. The van der Waals surface area contributed by atoms with Crippen molar-refractivity contribution in [3.8, 4) is 0 Å². The number of carbonyl (C=O) groups excluding carboxylic acids is 3. The molecule has 21 heavy (non-hydrogen) atoms. The van der Waals surface area contributed by atoms with E-state index in [0.717, 1.165) is 0 Å². The minimum absolute atomic E-state index is 0.215. The Hall–Kier alpha value is -1.27. The third-order valence-corrected chi connectivity index (χ3v) is 3.25. The van der Waals surface area contributed by atoms with Crippen molar-refractivity contribution in [2.75, 3.05) is 0 Å². The summed E-state index contributed by atoms with van der Waals surface area (Å²) in [7, 11) is 0. The van der Waals surface area contributed by atoms with Crippen LogP contribution in [-0.4, -0.2) is 36.2 Å². The van der Waals surface area contributed by atoms with Gasteiger partial charge in [-0.2, -0.15) is 0 Å². The molecule has 0 aliphatic carbocycles. The lowest BCUT2D eigenvalue weighted by molar-refractivity contribution is -0.172. The van der Waals surface area contributed by atoms with Crippen LogP contribution in [0.15, 0.2) is 10.1 Å². The largest absolute Gasteiger partial charge is 0.462 e. The van der Waals surface area contributed by atoms with E-state index in [2.05, 4.69) is 0 Å². The summed E-state index contributed by atoms with van der Waals surface area (Å²) < 4.78 is 14.9. The first kappa shape index (κ1) is 17.8. The number of hydrogen-bond donors (Lipinski definition) is 0. The number of esters is 3. The van der Waals surface area contributed by atoms with Crippen molar-refractivity contribution in [1.29, 1.82) is 0 Å². The molecule has 0 aromatic carbocycles. The summed E-state index contributed by atoms with van der Waals surface area (Å²) in [5, 5.41) is -0.575. The number of cyclic esters (lactones) is 1. The summed E-state index contributed by atoms with van der Waals surface area (Å²) in [6.45, 7) is 6.48. The number of ether oxygens (including phenoxy) is 3. The van der Waals surface area contributed by atoms with Crippen LogP contribution >= 0.6 is 23.2 Å². The maximum absolute atomic E-state index is 12.1. The number of rotatable bonds is 5. The molecule has 0 bridgehead atoms. The van der Waals surface area contributed by atoms with Crippen molar-refractivity contribution >= 4 is 41.1 Å². The highest BCUT2D eigenvalue weighted by Crippen LogP contribution is 2.34. The second-order valence-electron chi connectivity index (χ2n) is 4.94. The molecule has 0 radical (unpaired) electrons. The van der Waals surface area contributed by atoms with Crippen molar-refractivity contribution in [3.05, 3.63) is 10.1 Å². The third-order valence-electron chi connectivity index (χ3n) is 2.39. The molecule has 0 aromatic rings. The lowest BCUT2D eigenvalue weighted by Crippen LogP contribution is -2.40. The first-order valence-corrected chi connectivity index (χ1v) is 7.07. The molecule has 0 saturated carbocycles. The van der Waals surface area contributed by atoms with Crippen molar-refractivity contribution in [1.82, 2.24) is 0 Å². The molecule has 6 nitrogen and oxygen atoms in total. The Balaban J connectivity index is 3.06. The van der Waals surface area contributed by atoms with Crippen molar-refractivity contribution < 1.29 is 28.6 Å². The predicted molar refractivity (Wildman–Crippen MR) is 74.6 cm³/mol. The van der Waals surface area contributed by atoms with Gasteiger partial charge in [-0.15, -0.1) is 0 Å². The van der Waals surface area contributed by atoms with Gasteiger partial charge in [0, 0.05) is 0 Å². The normalized spacial score (nSPS) is 18.5. The van der Waals surface area contributed by atoms with E-state index in [0.29, 0.717) is 0 Å². The van der Waals surface area contributed by atoms with E-state index >= 15 is 0 Å². The minimum Gasteiger partial charge on any atom is -0.462 e. The molecular weight excluding hydrogens is 323 g/mol. The van der Waals surface area contributed by atoms with E-state index in [4.69, 9.17) is 37.4 Å². The predicted octanol–water partition coefficient (Wildman–Crippen LogP) is 2.12. The molecule has 8 heteroatoms. The molecule has 1 unspecified atom stereocenters. The average Bonchev–Trinajstić information content (AvgIpc) is 2.55. The van der Waals surface area contributed by atoms with Crippen molar-refractivity contribution in [2.24, 2.45) is 5.92 Å². The highest BCUT2D eigenvalue weighted by atomic mass is 35.5. The van der Waals surface area contributed by atoms with Crippen LogP contribution in [-0.2, 0) is 28.6 Å². The van der Waals surface area contributed by atoms with Gasteiger partial charge in [-0.25, -0.2) is 4.79 Å². The van der Waals surface area contributed by atoms with E-state index in [1.165, 1.54) is 0 Å². The molecular formula is C13H16Cl2O6. The Morgan fingerprint density at radius 3 is 1.76 bits per heavy atom. The summed E-state index contributed by atoms with van der Waals surface area (Å²) >= 11 is 11.5. The quantitative estimate of drug-likeness (QED) is 0.434. The van der Waals surface area contributed by atoms with Gasteiger partial charge in [0.1, 0.15) is 5.03 Å². The molecule has 0 N–H and O–H groups in total. The topological polar surface area (TPSA) is 78.9 Å². The van der Waals surface area contributed by atoms with Gasteiger partial charge in [0.15, 0.2) is 12.0 Å². The van der Waals surface area contributed by atoms with Gasteiger partial charge in [0.25, 0.3) is 0 Å². The van der Waals surface area contributed by atoms with Crippen molar-refractivity contribution in [2.45, 2.75) is 46.0 Å². The monoisotopic (exact) mass is 338 g/mol. The fourth-order valence-electron chi connectivity index (χ4n) is 1.61. The molecule has 0 fully saturated rings. The van der Waals surface area contributed by atoms with E-state index in [1.807, 2.05) is 0 Å². The van der Waals surface area contributed by atoms with Crippen LogP contribution in [0, 0.1) is 5.92 Å². The smallest absolute Gasteiger partial charge is 0.351 e. The Morgan fingerprint density at radius 2 is 1.48 bits per heavy atom. The van der Waals surface area contributed by atoms with Crippen LogP contribution in [0.4, 0.5) is 0 Å². The Morgan fingerprint density at radius 1 is 1.05 bits per heavy atom. The second kappa shape index (κ2) is 7.13. The van der Waals surface area contributed by atoms with E-state index in [-0.39, 0.29) is 10.1 Å². The zero-order chi connectivity index (χ0) is 16.3. The van der Waals surface area contributed by atoms with Gasteiger partial charge in [0.2, 0.25) is 0 Å².